The molecule has 1 rings (SSSR count). The lowest BCUT2D eigenvalue weighted by molar-refractivity contribution is -0.181. The van der Waals surface area contributed by atoms with Crippen LogP contribution >= 0.6 is 0 Å². The van der Waals surface area contributed by atoms with Gasteiger partial charge in [-0.1, -0.05) is 0 Å². The van der Waals surface area contributed by atoms with Gasteiger partial charge in [0.1, 0.15) is 0 Å². The number of methoxy groups -OCH3 is 1. The first-order chi connectivity index (χ1) is 6.45. The minimum Gasteiger partial charge on any atom is -0.382 e. The summed E-state index contributed by atoms with van der Waals surface area (Å²) in [5.74, 6) is 0. The molecule has 80 valence electrons. The molecule has 14 heavy (non-hydrogen) atoms. The van der Waals surface area contributed by atoms with Crippen molar-refractivity contribution in [1.82, 2.24) is 9.78 Å². The lowest BCUT2D eigenvalue weighted by Crippen LogP contribution is -2.30. The van der Waals surface area contributed by atoms with Crippen LogP contribution in [0.25, 0.3) is 0 Å². The maximum atomic E-state index is 12.5. The van der Waals surface area contributed by atoms with E-state index in [0.717, 1.165) is 4.68 Å². The van der Waals surface area contributed by atoms with Gasteiger partial charge in [-0.2, -0.15) is 18.3 Å². The fraction of sp³-hybridized carbons (Fsp3) is 0.625. The number of nitrogens with zero attached hydrogens (tertiary/aromatic N) is 2. The first kappa shape index (κ1) is 11.0. The number of alkyl halides is 3. The van der Waals surface area contributed by atoms with Crippen LogP contribution in [0.2, 0.25) is 0 Å². The van der Waals surface area contributed by atoms with Crippen molar-refractivity contribution in [3.05, 3.63) is 18.0 Å². The predicted molar refractivity (Wildman–Crippen MR) is 43.9 cm³/mol. The molecule has 0 aliphatic heterocycles. The Morgan fingerprint density at radius 2 is 2.21 bits per heavy atom. The van der Waals surface area contributed by atoms with Crippen LogP contribution in [0.15, 0.2) is 12.4 Å². The van der Waals surface area contributed by atoms with Gasteiger partial charge in [-0.05, 0) is 12.5 Å². The molecule has 6 heteroatoms. The van der Waals surface area contributed by atoms with E-state index < -0.39 is 18.8 Å². The van der Waals surface area contributed by atoms with Crippen molar-refractivity contribution in [2.45, 2.75) is 19.1 Å². The number of aromatic nitrogens is 2. The molecule has 1 heterocycles. The molecule has 0 saturated heterocycles. The van der Waals surface area contributed by atoms with E-state index in [1.54, 1.807) is 6.92 Å². The average molecular weight is 208 g/mol. The fourth-order valence-electron chi connectivity index (χ4n) is 1.08. The van der Waals surface area contributed by atoms with Crippen molar-refractivity contribution in [2.24, 2.45) is 0 Å². The topological polar surface area (TPSA) is 27.1 Å². The Morgan fingerprint density at radius 1 is 1.57 bits per heavy atom. The van der Waals surface area contributed by atoms with Gasteiger partial charge in [0.15, 0.2) is 6.04 Å². The SMILES string of the molecule is COCC(n1cc(C)cn1)C(F)(F)F. The van der Waals surface area contributed by atoms with E-state index >= 15 is 0 Å². The molecular formula is C8H11F3N2O. The van der Waals surface area contributed by atoms with Crippen LogP contribution in [0.1, 0.15) is 11.6 Å². The molecule has 1 aromatic heterocycles. The van der Waals surface area contributed by atoms with E-state index in [1.165, 1.54) is 19.5 Å². The molecule has 1 atom stereocenters. The van der Waals surface area contributed by atoms with Gasteiger partial charge in [0.05, 0.1) is 12.8 Å². The van der Waals surface area contributed by atoms with Crippen molar-refractivity contribution >= 4 is 0 Å². The molecule has 0 saturated carbocycles. The molecule has 0 aromatic carbocycles. The van der Waals surface area contributed by atoms with Crippen LogP contribution in [0.3, 0.4) is 0 Å². The number of hydrogen-bond donors (Lipinski definition) is 0. The molecule has 3 nitrogen and oxygen atoms in total. The first-order valence-corrected chi connectivity index (χ1v) is 4.01. The number of hydrogen-bond acceptors (Lipinski definition) is 2. The molecule has 0 radical (unpaired) electrons. The third kappa shape index (κ3) is 2.47. The Kier molecular flexibility index (Phi) is 3.15. The second-order valence-electron chi connectivity index (χ2n) is 3.01. The third-order valence-corrected chi connectivity index (χ3v) is 1.75. The van der Waals surface area contributed by atoms with Gasteiger partial charge < -0.3 is 4.74 Å². The highest BCUT2D eigenvalue weighted by atomic mass is 19.4. The maximum absolute atomic E-state index is 12.5. The van der Waals surface area contributed by atoms with E-state index in [0.29, 0.717) is 5.56 Å². The maximum Gasteiger partial charge on any atom is 0.413 e. The van der Waals surface area contributed by atoms with E-state index in [4.69, 9.17) is 0 Å². The van der Waals surface area contributed by atoms with Crippen LogP contribution in [0.4, 0.5) is 13.2 Å². The summed E-state index contributed by atoms with van der Waals surface area (Å²) in [5, 5.41) is 3.62. The van der Waals surface area contributed by atoms with Crippen LogP contribution in [0, 0.1) is 6.92 Å². The molecule has 0 amide bonds. The van der Waals surface area contributed by atoms with E-state index in [1.807, 2.05) is 0 Å². The van der Waals surface area contributed by atoms with Gasteiger partial charge in [-0.3, -0.25) is 4.68 Å². The molecule has 0 fully saturated rings. The lowest BCUT2D eigenvalue weighted by atomic mass is 10.3. The molecule has 0 N–H and O–H groups in total. The summed E-state index contributed by atoms with van der Waals surface area (Å²) in [7, 11) is 1.23. The zero-order valence-corrected chi connectivity index (χ0v) is 7.88. The molecule has 1 aromatic rings. The van der Waals surface area contributed by atoms with Crippen molar-refractivity contribution in [3.8, 4) is 0 Å². The third-order valence-electron chi connectivity index (χ3n) is 1.75. The number of aryl methyl sites for hydroxylation is 1. The van der Waals surface area contributed by atoms with Gasteiger partial charge in [0.2, 0.25) is 0 Å². The zero-order valence-electron chi connectivity index (χ0n) is 7.88. The summed E-state index contributed by atoms with van der Waals surface area (Å²) < 4.78 is 42.8. The Morgan fingerprint density at radius 3 is 2.57 bits per heavy atom. The molecule has 1 unspecified atom stereocenters. The molecule has 0 aliphatic carbocycles. The highest BCUT2D eigenvalue weighted by Crippen LogP contribution is 2.30. The van der Waals surface area contributed by atoms with Crippen LogP contribution in [-0.4, -0.2) is 29.7 Å². The summed E-state index contributed by atoms with van der Waals surface area (Å²) in [5.41, 5.74) is 0.690. The van der Waals surface area contributed by atoms with Crippen LogP contribution in [-0.2, 0) is 4.74 Å². The van der Waals surface area contributed by atoms with E-state index in [-0.39, 0.29) is 0 Å². The Bertz CT molecular complexity index is 295. The summed E-state index contributed by atoms with van der Waals surface area (Å²) in [6, 6.07) is -1.71. The molecule has 0 spiro atoms. The first-order valence-electron chi connectivity index (χ1n) is 4.01. The van der Waals surface area contributed by atoms with Gasteiger partial charge in [0, 0.05) is 13.3 Å². The van der Waals surface area contributed by atoms with Gasteiger partial charge in [-0.25, -0.2) is 0 Å². The average Bonchev–Trinajstić information content (AvgIpc) is 2.45. The van der Waals surface area contributed by atoms with Crippen molar-refractivity contribution in [1.29, 1.82) is 0 Å². The predicted octanol–water partition coefficient (Wildman–Crippen LogP) is 1.94. The summed E-state index contributed by atoms with van der Waals surface area (Å²) in [4.78, 5) is 0. The number of rotatable bonds is 3. The van der Waals surface area contributed by atoms with Crippen molar-refractivity contribution in [3.63, 3.8) is 0 Å². The summed E-state index contributed by atoms with van der Waals surface area (Å²) in [6.07, 6.45) is -1.61. The van der Waals surface area contributed by atoms with Crippen molar-refractivity contribution in [2.75, 3.05) is 13.7 Å². The Labute approximate surface area is 79.5 Å². The van der Waals surface area contributed by atoms with Crippen LogP contribution < -0.4 is 0 Å². The molecule has 0 aliphatic rings. The van der Waals surface area contributed by atoms with E-state index in [9.17, 15) is 13.2 Å². The lowest BCUT2D eigenvalue weighted by Gasteiger charge is -2.19. The quantitative estimate of drug-likeness (QED) is 0.759. The van der Waals surface area contributed by atoms with Gasteiger partial charge in [-0.15, -0.1) is 0 Å². The largest absolute Gasteiger partial charge is 0.413 e. The highest BCUT2D eigenvalue weighted by Gasteiger charge is 2.41. The zero-order chi connectivity index (χ0) is 10.8. The monoisotopic (exact) mass is 208 g/mol. The Balaban J connectivity index is 2.88. The fourth-order valence-corrected chi connectivity index (χ4v) is 1.08. The van der Waals surface area contributed by atoms with Crippen LogP contribution in [0.5, 0.6) is 0 Å². The molecular weight excluding hydrogens is 197 g/mol. The summed E-state index contributed by atoms with van der Waals surface area (Å²) in [6.45, 7) is 1.26. The van der Waals surface area contributed by atoms with E-state index in [2.05, 4.69) is 9.84 Å². The minimum absolute atomic E-state index is 0.426. The normalized spacial score (nSPS) is 14.4. The van der Waals surface area contributed by atoms with Crippen molar-refractivity contribution < 1.29 is 17.9 Å². The second kappa shape index (κ2) is 4.00. The molecule has 0 bridgehead atoms. The number of halogens is 3. The second-order valence-corrected chi connectivity index (χ2v) is 3.01. The standard InChI is InChI=1S/C8H11F3N2O/c1-6-3-12-13(4-6)7(5-14-2)8(9,10)11/h3-4,7H,5H2,1-2H3. The Hall–Kier alpha value is -1.04. The number of ether oxygens (including phenoxy) is 1. The highest BCUT2D eigenvalue weighted by molar-refractivity contribution is 5.01. The van der Waals surface area contributed by atoms with Gasteiger partial charge >= 0.3 is 6.18 Å². The smallest absolute Gasteiger partial charge is 0.382 e. The summed E-state index contributed by atoms with van der Waals surface area (Å²) >= 11 is 0. The van der Waals surface area contributed by atoms with Gasteiger partial charge in [0.25, 0.3) is 0 Å². The minimum atomic E-state index is -4.34.